The molecule has 16 heavy (non-hydrogen) atoms. The van der Waals surface area contributed by atoms with E-state index in [0.717, 1.165) is 5.56 Å². The Hall–Kier alpha value is -1.32. The van der Waals surface area contributed by atoms with Crippen LogP contribution in [0.2, 0.25) is 5.02 Å². The van der Waals surface area contributed by atoms with E-state index >= 15 is 0 Å². The lowest BCUT2D eigenvalue weighted by atomic mass is 10.1. The van der Waals surface area contributed by atoms with Crippen molar-refractivity contribution in [1.82, 2.24) is 4.98 Å². The van der Waals surface area contributed by atoms with Crippen LogP contribution >= 0.6 is 11.6 Å². The van der Waals surface area contributed by atoms with Crippen LogP contribution in [0.5, 0.6) is 0 Å². The second kappa shape index (κ2) is 3.92. The quantitative estimate of drug-likeness (QED) is 0.871. The van der Waals surface area contributed by atoms with Gasteiger partial charge in [-0.15, -0.1) is 0 Å². The van der Waals surface area contributed by atoms with E-state index in [9.17, 15) is 0 Å². The van der Waals surface area contributed by atoms with Crippen LogP contribution in [-0.2, 0) is 5.54 Å². The van der Waals surface area contributed by atoms with Crippen molar-refractivity contribution in [3.63, 3.8) is 0 Å². The van der Waals surface area contributed by atoms with Gasteiger partial charge in [0.1, 0.15) is 0 Å². The summed E-state index contributed by atoms with van der Waals surface area (Å²) >= 11 is 5.90. The minimum absolute atomic E-state index is 0.516. The Labute approximate surface area is 99.2 Å². The van der Waals surface area contributed by atoms with Gasteiger partial charge in [0.25, 0.3) is 0 Å². The zero-order valence-corrected chi connectivity index (χ0v) is 9.95. The van der Waals surface area contributed by atoms with Gasteiger partial charge in [0.15, 0.2) is 5.76 Å². The van der Waals surface area contributed by atoms with Crippen molar-refractivity contribution in [3.8, 4) is 11.3 Å². The molecular formula is C12H13ClN2O. The molecule has 3 nitrogen and oxygen atoms in total. The first-order valence-electron chi connectivity index (χ1n) is 4.98. The first-order valence-corrected chi connectivity index (χ1v) is 5.36. The van der Waals surface area contributed by atoms with E-state index in [2.05, 4.69) is 4.98 Å². The number of hydrogen-bond acceptors (Lipinski definition) is 3. The molecule has 1 heterocycles. The average Bonchev–Trinajstić information content (AvgIpc) is 2.65. The Morgan fingerprint density at radius 3 is 2.69 bits per heavy atom. The van der Waals surface area contributed by atoms with E-state index in [4.69, 9.17) is 21.8 Å². The largest absolute Gasteiger partial charge is 0.439 e. The molecule has 0 spiro atoms. The Morgan fingerprint density at radius 1 is 1.38 bits per heavy atom. The highest BCUT2D eigenvalue weighted by atomic mass is 35.5. The van der Waals surface area contributed by atoms with E-state index in [0.29, 0.717) is 16.7 Å². The molecule has 84 valence electrons. The summed E-state index contributed by atoms with van der Waals surface area (Å²) in [5.41, 5.74) is 6.22. The van der Waals surface area contributed by atoms with Crippen molar-refractivity contribution >= 4 is 11.6 Å². The Bertz CT molecular complexity index is 500. The molecule has 0 atom stereocenters. The van der Waals surface area contributed by atoms with Crippen LogP contribution in [0.1, 0.15) is 19.7 Å². The molecule has 0 amide bonds. The molecule has 0 bridgehead atoms. The van der Waals surface area contributed by atoms with Gasteiger partial charge in [-0.1, -0.05) is 23.7 Å². The molecule has 2 N–H and O–H groups in total. The molecule has 0 saturated heterocycles. The van der Waals surface area contributed by atoms with Crippen LogP contribution in [0.4, 0.5) is 0 Å². The fraction of sp³-hybridized carbons (Fsp3) is 0.250. The van der Waals surface area contributed by atoms with Crippen molar-refractivity contribution in [2.45, 2.75) is 19.4 Å². The van der Waals surface area contributed by atoms with Gasteiger partial charge in [-0.05, 0) is 26.0 Å². The molecule has 1 aromatic heterocycles. The van der Waals surface area contributed by atoms with Gasteiger partial charge in [-0.25, -0.2) is 4.98 Å². The summed E-state index contributed by atoms with van der Waals surface area (Å²) in [6, 6.07) is 7.43. The van der Waals surface area contributed by atoms with Gasteiger partial charge >= 0.3 is 0 Å². The standard InChI is InChI=1S/C12H13ClN2O/c1-12(2,14)11-15-7-10(16-11)8-4-3-5-9(13)6-8/h3-7H,14H2,1-2H3. The summed E-state index contributed by atoms with van der Waals surface area (Å²) in [6.45, 7) is 3.70. The van der Waals surface area contributed by atoms with Gasteiger partial charge in [0, 0.05) is 10.6 Å². The van der Waals surface area contributed by atoms with E-state index in [1.807, 2.05) is 38.1 Å². The van der Waals surface area contributed by atoms with Gasteiger partial charge in [0.05, 0.1) is 11.7 Å². The monoisotopic (exact) mass is 236 g/mol. The van der Waals surface area contributed by atoms with Crippen molar-refractivity contribution in [2.75, 3.05) is 0 Å². The molecule has 2 aromatic rings. The fourth-order valence-electron chi connectivity index (χ4n) is 1.35. The van der Waals surface area contributed by atoms with Crippen LogP contribution in [0.25, 0.3) is 11.3 Å². The number of halogens is 1. The highest BCUT2D eigenvalue weighted by Gasteiger charge is 2.21. The molecule has 0 aliphatic rings. The number of nitrogens with zero attached hydrogens (tertiary/aromatic N) is 1. The van der Waals surface area contributed by atoms with Crippen molar-refractivity contribution in [1.29, 1.82) is 0 Å². The minimum atomic E-state index is -0.573. The zero-order valence-electron chi connectivity index (χ0n) is 9.20. The highest BCUT2D eigenvalue weighted by Crippen LogP contribution is 2.26. The highest BCUT2D eigenvalue weighted by molar-refractivity contribution is 6.30. The normalized spacial score (nSPS) is 11.8. The second-order valence-electron chi connectivity index (χ2n) is 4.26. The lowest BCUT2D eigenvalue weighted by Crippen LogP contribution is -2.28. The van der Waals surface area contributed by atoms with Crippen LogP contribution < -0.4 is 5.73 Å². The number of hydrogen-bond donors (Lipinski definition) is 1. The molecule has 0 unspecified atom stereocenters. The third-order valence-corrected chi connectivity index (χ3v) is 2.40. The van der Waals surface area contributed by atoms with Crippen LogP contribution in [0.3, 0.4) is 0 Å². The van der Waals surface area contributed by atoms with Gasteiger partial charge in [-0.2, -0.15) is 0 Å². The molecular weight excluding hydrogens is 224 g/mol. The van der Waals surface area contributed by atoms with E-state index in [1.54, 1.807) is 6.20 Å². The SMILES string of the molecule is CC(C)(N)c1ncc(-c2cccc(Cl)c2)o1. The molecule has 1 aromatic carbocycles. The fourth-order valence-corrected chi connectivity index (χ4v) is 1.54. The average molecular weight is 237 g/mol. The Kier molecular flexibility index (Phi) is 2.74. The van der Waals surface area contributed by atoms with Gasteiger partial charge in [-0.3, -0.25) is 0 Å². The topological polar surface area (TPSA) is 52.0 Å². The summed E-state index contributed by atoms with van der Waals surface area (Å²) < 4.78 is 5.59. The summed E-state index contributed by atoms with van der Waals surface area (Å²) in [5, 5.41) is 0.669. The van der Waals surface area contributed by atoms with Gasteiger partial charge in [0.2, 0.25) is 5.89 Å². The van der Waals surface area contributed by atoms with Gasteiger partial charge < -0.3 is 10.2 Å². The predicted octanol–water partition coefficient (Wildman–Crippen LogP) is 3.19. The van der Waals surface area contributed by atoms with Crippen molar-refractivity contribution in [3.05, 3.63) is 41.4 Å². The van der Waals surface area contributed by atoms with E-state index < -0.39 is 5.54 Å². The van der Waals surface area contributed by atoms with E-state index in [1.165, 1.54) is 0 Å². The molecule has 0 saturated carbocycles. The van der Waals surface area contributed by atoms with Crippen molar-refractivity contribution in [2.24, 2.45) is 5.73 Å². The lowest BCUT2D eigenvalue weighted by molar-refractivity contribution is 0.384. The Morgan fingerprint density at radius 2 is 2.12 bits per heavy atom. The summed E-state index contributed by atoms with van der Waals surface area (Å²) in [4.78, 5) is 4.16. The maximum absolute atomic E-state index is 5.90. The maximum Gasteiger partial charge on any atom is 0.214 e. The molecule has 0 radical (unpaired) electrons. The van der Waals surface area contributed by atoms with Crippen LogP contribution in [0.15, 0.2) is 34.9 Å². The summed E-state index contributed by atoms with van der Waals surface area (Å²) in [7, 11) is 0. The minimum Gasteiger partial charge on any atom is -0.439 e. The first kappa shape index (κ1) is 11.2. The maximum atomic E-state index is 5.90. The lowest BCUT2D eigenvalue weighted by Gasteiger charge is -2.12. The third-order valence-electron chi connectivity index (χ3n) is 2.17. The predicted molar refractivity (Wildman–Crippen MR) is 64.2 cm³/mol. The summed E-state index contributed by atoms with van der Waals surface area (Å²) in [6.07, 6.45) is 1.66. The number of benzene rings is 1. The van der Waals surface area contributed by atoms with Crippen molar-refractivity contribution < 1.29 is 4.42 Å². The first-order chi connectivity index (χ1) is 7.47. The molecule has 4 heteroatoms. The number of oxazole rings is 1. The zero-order chi connectivity index (χ0) is 11.8. The number of rotatable bonds is 2. The molecule has 0 fully saturated rings. The number of aromatic nitrogens is 1. The van der Waals surface area contributed by atoms with E-state index in [-0.39, 0.29) is 0 Å². The molecule has 2 rings (SSSR count). The number of nitrogens with two attached hydrogens (primary N) is 1. The molecule has 0 aliphatic carbocycles. The summed E-state index contributed by atoms with van der Waals surface area (Å²) in [5.74, 6) is 1.19. The third kappa shape index (κ3) is 2.26. The van der Waals surface area contributed by atoms with Crippen LogP contribution in [-0.4, -0.2) is 4.98 Å². The van der Waals surface area contributed by atoms with Crippen LogP contribution in [0, 0.1) is 0 Å². The molecule has 0 aliphatic heterocycles. The second-order valence-corrected chi connectivity index (χ2v) is 4.70. The smallest absolute Gasteiger partial charge is 0.214 e. The Balaban J connectivity index is 2.39.